The highest BCUT2D eigenvalue weighted by atomic mass is 19.4. The Morgan fingerprint density at radius 3 is 0.802 bits per heavy atom. The zero-order valence-electron chi connectivity index (χ0n) is 47.2. The fraction of sp³-hybridized carbons (Fsp3) is 0.118. The van der Waals surface area contributed by atoms with E-state index < -0.39 is 138 Å². The summed E-state index contributed by atoms with van der Waals surface area (Å²) in [5, 5.41) is 9.29. The predicted octanol–water partition coefficient (Wildman–Crippen LogP) is 23.6. The molecule has 0 radical (unpaired) electrons. The molecule has 9 aromatic carbocycles. The fourth-order valence-electron chi connectivity index (χ4n) is 11.7. The molecule has 3 aromatic heterocycles. The molecular formula is C68H30F24N4. The predicted molar refractivity (Wildman–Crippen MR) is 305 cm³/mol. The first-order valence-corrected chi connectivity index (χ1v) is 27.4. The smallest absolute Gasteiger partial charge is 0.307 e. The molecule has 0 fully saturated rings. The highest BCUT2D eigenvalue weighted by Gasteiger charge is 2.43. The van der Waals surface area contributed by atoms with Gasteiger partial charge in [0.05, 0.1) is 90.1 Å². The number of fused-ring (bicyclic) bond motifs is 6. The summed E-state index contributed by atoms with van der Waals surface area (Å²) in [5.41, 5.74) is -18.5. The van der Waals surface area contributed by atoms with E-state index in [4.69, 9.17) is 4.98 Å². The van der Waals surface area contributed by atoms with E-state index in [1.807, 2.05) is 6.07 Å². The summed E-state index contributed by atoms with van der Waals surface area (Å²) in [6, 6.07) is 25.2. The average molecular weight is 1360 g/mol. The van der Waals surface area contributed by atoms with Crippen molar-refractivity contribution in [2.24, 2.45) is 0 Å². The number of rotatable bonds is 7. The zero-order valence-corrected chi connectivity index (χ0v) is 47.2. The van der Waals surface area contributed by atoms with E-state index in [-0.39, 0.29) is 96.1 Å². The van der Waals surface area contributed by atoms with Crippen LogP contribution in [0.4, 0.5) is 105 Å². The van der Waals surface area contributed by atoms with Gasteiger partial charge in [-0.2, -0.15) is 111 Å². The molecule has 4 nitrogen and oxygen atoms in total. The monoisotopic (exact) mass is 1360 g/mol. The van der Waals surface area contributed by atoms with E-state index in [1.54, 1.807) is 0 Å². The number of hydrogen-bond acceptors (Lipinski definition) is 2. The van der Waals surface area contributed by atoms with Crippen LogP contribution in [0.1, 0.15) is 50.1 Å². The number of halogens is 24. The molecule has 96 heavy (non-hydrogen) atoms. The highest BCUT2D eigenvalue weighted by Crippen LogP contribution is 2.50. The lowest BCUT2D eigenvalue weighted by Gasteiger charge is -2.18. The van der Waals surface area contributed by atoms with Crippen LogP contribution in [0, 0.1) is 11.3 Å². The Balaban J connectivity index is 1.15. The van der Waals surface area contributed by atoms with Gasteiger partial charge in [0, 0.05) is 27.1 Å². The lowest BCUT2D eigenvalue weighted by atomic mass is 9.94. The lowest BCUT2D eigenvalue weighted by molar-refractivity contribution is -0.144. The molecule has 0 amide bonds. The number of alkyl halides is 24. The quantitative estimate of drug-likeness (QED) is 0.149. The summed E-state index contributed by atoms with van der Waals surface area (Å²) >= 11 is 0. The summed E-state index contributed by atoms with van der Waals surface area (Å²) in [5.74, 6) is -0.177. The van der Waals surface area contributed by atoms with Gasteiger partial charge in [0.25, 0.3) is 0 Å². The normalized spacial score (nSPS) is 13.2. The van der Waals surface area contributed by atoms with Gasteiger partial charge in [0.1, 0.15) is 5.82 Å². The zero-order chi connectivity index (χ0) is 69.5. The van der Waals surface area contributed by atoms with E-state index >= 15 is 0 Å². The second-order valence-electron chi connectivity index (χ2n) is 21.9. The van der Waals surface area contributed by atoms with Gasteiger partial charge in [-0.1, -0.05) is 60.7 Å². The van der Waals surface area contributed by atoms with E-state index in [0.717, 1.165) is 54.7 Å². The first kappa shape index (κ1) is 65.6. The van der Waals surface area contributed by atoms with Crippen molar-refractivity contribution in [1.29, 1.82) is 5.26 Å². The van der Waals surface area contributed by atoms with E-state index in [2.05, 4.69) is 0 Å². The molecule has 0 unspecified atom stereocenters. The van der Waals surface area contributed by atoms with Gasteiger partial charge in [-0.05, 0) is 165 Å². The van der Waals surface area contributed by atoms with E-state index in [0.29, 0.717) is 48.5 Å². The molecule has 490 valence electrons. The number of nitriles is 1. The summed E-state index contributed by atoms with van der Waals surface area (Å²) < 4.78 is 347. The Bertz CT molecular complexity index is 4910. The van der Waals surface area contributed by atoms with Crippen molar-refractivity contribution in [3.8, 4) is 73.2 Å². The van der Waals surface area contributed by atoms with Crippen LogP contribution in [0.2, 0.25) is 0 Å². The van der Waals surface area contributed by atoms with Crippen molar-refractivity contribution in [3.63, 3.8) is 0 Å². The molecule has 12 rings (SSSR count). The Hall–Kier alpha value is -10.5. The van der Waals surface area contributed by atoms with Gasteiger partial charge < -0.3 is 4.57 Å². The Kier molecular flexibility index (Phi) is 15.3. The van der Waals surface area contributed by atoms with Crippen LogP contribution in [-0.4, -0.2) is 14.1 Å². The van der Waals surface area contributed by atoms with Crippen molar-refractivity contribution in [2.45, 2.75) is 49.4 Å². The number of nitrogens with zero attached hydrogens (tertiary/aromatic N) is 4. The summed E-state index contributed by atoms with van der Waals surface area (Å²) in [6.45, 7) is 0. The van der Waals surface area contributed by atoms with Crippen LogP contribution in [0.15, 0.2) is 182 Å². The largest absolute Gasteiger partial charge is 0.417 e. The fourth-order valence-corrected chi connectivity index (χ4v) is 11.7. The standard InChI is InChI=1S/C68H30F24N4/c69-61(70,71)38-9-13-42(51(25-38)65(81,82)83)34-5-17-55-47(21-34)48-22-35(43-14-10-39(62(72,73)74)26-52(43)66(84,85)86)6-18-56(48)95(55)59-31-94-60(29-46(59)33-3-1-32(30-93)2-4-33)96-57-19-7-36(44-15-11-40(63(75,76)77)27-53(44)67(87,88)89)23-49(57)50-24-37(8-20-58(50)96)45-16-12-41(64(78,79)80)28-54(45)68(90,91)92/h1-29,31H. The molecule has 0 spiro atoms. The van der Waals surface area contributed by atoms with Crippen LogP contribution in [0.5, 0.6) is 0 Å². The average Bonchev–Trinajstić information content (AvgIpc) is 1.55. The maximum absolute atomic E-state index is 14.8. The minimum Gasteiger partial charge on any atom is -0.307 e. The van der Waals surface area contributed by atoms with Crippen LogP contribution >= 0.6 is 0 Å². The second-order valence-corrected chi connectivity index (χ2v) is 21.9. The maximum Gasteiger partial charge on any atom is 0.417 e. The topological polar surface area (TPSA) is 46.5 Å². The third kappa shape index (κ3) is 11.9. The Morgan fingerprint density at radius 1 is 0.271 bits per heavy atom. The second kappa shape index (κ2) is 22.3. The van der Waals surface area contributed by atoms with Crippen LogP contribution in [0.3, 0.4) is 0 Å². The first-order valence-electron chi connectivity index (χ1n) is 27.4. The minimum absolute atomic E-state index is 0.0285. The lowest BCUT2D eigenvalue weighted by Crippen LogP contribution is -2.12. The molecule has 0 N–H and O–H groups in total. The van der Waals surface area contributed by atoms with Gasteiger partial charge in [-0.3, -0.25) is 4.57 Å². The molecule has 28 heteroatoms. The van der Waals surface area contributed by atoms with Gasteiger partial charge >= 0.3 is 49.4 Å². The highest BCUT2D eigenvalue weighted by molar-refractivity contribution is 6.14. The van der Waals surface area contributed by atoms with Crippen LogP contribution in [-0.2, 0) is 49.4 Å². The van der Waals surface area contributed by atoms with Crippen molar-refractivity contribution in [2.75, 3.05) is 0 Å². The summed E-state index contributed by atoms with van der Waals surface area (Å²) in [6.07, 6.45) is -41.7. The Labute approximate surface area is 521 Å². The molecule has 0 aliphatic heterocycles. The SMILES string of the molecule is N#Cc1ccc(-c2cc(-n3c4ccc(-c5ccc(C(F)(F)F)cc5C(F)(F)F)cc4c4cc(-c5ccc(C(F)(F)F)cc5C(F)(F)F)ccc43)ncc2-n2c3ccc(-c4ccc(C(F)(F)F)cc4C(F)(F)F)cc3c3cc(-c4ccc(C(F)(F)F)cc4C(F)(F)F)ccc32)cc1. The molecule has 0 aliphatic carbocycles. The molecule has 3 heterocycles. The number of benzene rings is 9. The minimum atomic E-state index is -5.45. The summed E-state index contributed by atoms with van der Waals surface area (Å²) in [7, 11) is 0. The van der Waals surface area contributed by atoms with Crippen molar-refractivity contribution < 1.29 is 105 Å². The molecule has 0 saturated heterocycles. The van der Waals surface area contributed by atoms with Crippen molar-refractivity contribution in [1.82, 2.24) is 14.1 Å². The third-order valence-corrected chi connectivity index (χ3v) is 16.0. The van der Waals surface area contributed by atoms with E-state index in [1.165, 1.54) is 63.7 Å². The van der Waals surface area contributed by atoms with E-state index in [9.17, 15) is 111 Å². The van der Waals surface area contributed by atoms with Gasteiger partial charge in [0.2, 0.25) is 0 Å². The van der Waals surface area contributed by atoms with Crippen molar-refractivity contribution >= 4 is 43.6 Å². The molecule has 0 atom stereocenters. The Morgan fingerprint density at radius 2 is 0.542 bits per heavy atom. The van der Waals surface area contributed by atoms with Gasteiger partial charge in [-0.15, -0.1) is 0 Å². The molecule has 0 bridgehead atoms. The van der Waals surface area contributed by atoms with Gasteiger partial charge in [-0.25, -0.2) is 4.98 Å². The van der Waals surface area contributed by atoms with Crippen LogP contribution in [0.25, 0.3) is 111 Å². The van der Waals surface area contributed by atoms with Gasteiger partial charge in [0.15, 0.2) is 0 Å². The number of pyridine rings is 1. The number of aromatic nitrogens is 3. The molecule has 0 aliphatic rings. The number of hydrogen-bond donors (Lipinski definition) is 0. The third-order valence-electron chi connectivity index (χ3n) is 16.0. The van der Waals surface area contributed by atoms with Crippen molar-refractivity contribution in [3.05, 3.63) is 232 Å². The van der Waals surface area contributed by atoms with Crippen LogP contribution < -0.4 is 0 Å². The molecular weight excluding hydrogens is 1330 g/mol. The first-order chi connectivity index (χ1) is 44.6. The summed E-state index contributed by atoms with van der Waals surface area (Å²) in [4.78, 5) is 4.74. The molecule has 12 aromatic rings. The maximum atomic E-state index is 14.8. The molecule has 0 saturated carbocycles.